The van der Waals surface area contributed by atoms with Gasteiger partial charge < -0.3 is 30.3 Å². The molecule has 3 heterocycles. The van der Waals surface area contributed by atoms with Crippen LogP contribution in [-0.4, -0.2) is 83.0 Å². The SMILES string of the molecule is COC1=C(NC(=O)c2cn[nH]c2)C(C)=CN(C)C1C1CN(C(=O)O)CCN1. The zero-order valence-electron chi connectivity index (χ0n) is 15.5. The van der Waals surface area contributed by atoms with E-state index < -0.39 is 6.09 Å². The van der Waals surface area contributed by atoms with Crippen LogP contribution >= 0.6 is 0 Å². The molecule has 2 aliphatic rings. The smallest absolute Gasteiger partial charge is 0.407 e. The molecule has 1 fully saturated rings. The molecule has 1 aromatic rings. The number of likely N-dealkylation sites (N-methyl/N-ethyl adjacent to an activating group) is 1. The van der Waals surface area contributed by atoms with Gasteiger partial charge in [-0.15, -0.1) is 0 Å². The molecule has 0 spiro atoms. The molecule has 0 saturated carbocycles. The Labute approximate surface area is 156 Å². The molecule has 10 nitrogen and oxygen atoms in total. The lowest BCUT2D eigenvalue weighted by atomic mass is 9.96. The molecular formula is C17H24N6O4. The average Bonchev–Trinajstić information content (AvgIpc) is 3.18. The van der Waals surface area contributed by atoms with E-state index in [2.05, 4.69) is 20.8 Å². The summed E-state index contributed by atoms with van der Waals surface area (Å²) in [6.07, 6.45) is 3.94. The van der Waals surface area contributed by atoms with Crippen molar-refractivity contribution in [2.75, 3.05) is 33.8 Å². The lowest BCUT2D eigenvalue weighted by Gasteiger charge is -2.43. The topological polar surface area (TPSA) is 123 Å². The molecule has 10 heteroatoms. The van der Waals surface area contributed by atoms with Crippen molar-refractivity contribution < 1.29 is 19.4 Å². The Bertz CT molecular complexity index is 772. The normalized spacial score (nSPS) is 23.1. The number of nitrogens with one attached hydrogen (secondary N) is 3. The highest BCUT2D eigenvalue weighted by atomic mass is 16.5. The van der Waals surface area contributed by atoms with Gasteiger partial charge in [-0.1, -0.05) is 0 Å². The van der Waals surface area contributed by atoms with Crippen LogP contribution in [0, 0.1) is 0 Å². The van der Waals surface area contributed by atoms with Crippen LogP contribution in [0.2, 0.25) is 0 Å². The summed E-state index contributed by atoms with van der Waals surface area (Å²) in [5.41, 5.74) is 1.84. The summed E-state index contributed by atoms with van der Waals surface area (Å²) in [7, 11) is 3.46. The van der Waals surface area contributed by atoms with Gasteiger partial charge in [-0.2, -0.15) is 5.10 Å². The minimum absolute atomic E-state index is 0.181. The second-order valence-electron chi connectivity index (χ2n) is 6.60. The van der Waals surface area contributed by atoms with E-state index in [1.165, 1.54) is 17.3 Å². The number of piperazine rings is 1. The zero-order chi connectivity index (χ0) is 19.6. The number of carbonyl (C=O) groups excluding carboxylic acids is 1. The van der Waals surface area contributed by atoms with Crippen molar-refractivity contribution in [3.8, 4) is 0 Å². The highest BCUT2D eigenvalue weighted by molar-refractivity contribution is 5.95. The van der Waals surface area contributed by atoms with Gasteiger partial charge >= 0.3 is 6.09 Å². The minimum atomic E-state index is -0.942. The van der Waals surface area contributed by atoms with Gasteiger partial charge in [-0.3, -0.25) is 9.89 Å². The number of aromatic nitrogens is 2. The third-order valence-corrected chi connectivity index (χ3v) is 4.82. The predicted octanol–water partition coefficient (Wildman–Crippen LogP) is 0.167. The second kappa shape index (κ2) is 7.70. The molecule has 1 aromatic heterocycles. The maximum atomic E-state index is 12.5. The minimum Gasteiger partial charge on any atom is -0.497 e. The van der Waals surface area contributed by atoms with Gasteiger partial charge in [0, 0.05) is 39.1 Å². The van der Waals surface area contributed by atoms with Gasteiger partial charge in [-0.25, -0.2) is 4.79 Å². The van der Waals surface area contributed by atoms with Gasteiger partial charge in [0.1, 0.15) is 11.8 Å². The molecule has 0 aliphatic carbocycles. The van der Waals surface area contributed by atoms with Crippen molar-refractivity contribution in [2.45, 2.75) is 19.0 Å². The largest absolute Gasteiger partial charge is 0.497 e. The maximum absolute atomic E-state index is 12.5. The highest BCUT2D eigenvalue weighted by Gasteiger charge is 2.38. The number of ether oxygens (including phenoxy) is 1. The molecule has 1 saturated heterocycles. The van der Waals surface area contributed by atoms with Crippen molar-refractivity contribution in [2.24, 2.45) is 0 Å². The van der Waals surface area contributed by atoms with Gasteiger partial charge in [0.25, 0.3) is 5.91 Å². The molecule has 2 atom stereocenters. The molecule has 146 valence electrons. The fourth-order valence-electron chi connectivity index (χ4n) is 3.55. The molecule has 3 rings (SSSR count). The Hall–Kier alpha value is -3.01. The first-order chi connectivity index (χ1) is 12.9. The van der Waals surface area contributed by atoms with E-state index in [0.29, 0.717) is 36.7 Å². The van der Waals surface area contributed by atoms with Crippen molar-refractivity contribution in [3.05, 3.63) is 41.2 Å². The van der Waals surface area contributed by atoms with Gasteiger partial charge in [-0.05, 0) is 12.5 Å². The lowest BCUT2D eigenvalue weighted by Crippen LogP contribution is -2.61. The number of rotatable bonds is 4. The van der Waals surface area contributed by atoms with Gasteiger partial charge in [0.2, 0.25) is 0 Å². The van der Waals surface area contributed by atoms with E-state index in [-0.39, 0.29) is 18.0 Å². The van der Waals surface area contributed by atoms with Crippen LogP contribution in [-0.2, 0) is 4.74 Å². The first-order valence-corrected chi connectivity index (χ1v) is 8.62. The first kappa shape index (κ1) is 18.8. The Kier molecular flexibility index (Phi) is 5.36. The number of hydrogen-bond acceptors (Lipinski definition) is 6. The Morgan fingerprint density at radius 3 is 2.85 bits per heavy atom. The summed E-state index contributed by atoms with van der Waals surface area (Å²) >= 11 is 0. The maximum Gasteiger partial charge on any atom is 0.407 e. The molecule has 2 aliphatic heterocycles. The molecule has 2 amide bonds. The Balaban J connectivity index is 1.90. The Morgan fingerprint density at radius 2 is 2.22 bits per heavy atom. The van der Waals surface area contributed by atoms with E-state index in [4.69, 9.17) is 4.74 Å². The predicted molar refractivity (Wildman–Crippen MR) is 96.8 cm³/mol. The summed E-state index contributed by atoms with van der Waals surface area (Å²) in [4.78, 5) is 27.2. The molecule has 27 heavy (non-hydrogen) atoms. The highest BCUT2D eigenvalue weighted by Crippen LogP contribution is 2.28. The fraction of sp³-hybridized carbons (Fsp3) is 0.471. The van der Waals surface area contributed by atoms with Crippen LogP contribution in [0.3, 0.4) is 0 Å². The van der Waals surface area contributed by atoms with Crippen molar-refractivity contribution >= 4 is 12.0 Å². The standard InChI is InChI=1S/C17H24N6O4/c1-10-8-22(2)14(12-9-23(17(25)26)5-4-18-12)15(27-3)13(10)21-16(24)11-6-19-20-7-11/h6-8,12,14,18H,4-5,9H2,1-3H3,(H,19,20)(H,21,24)(H,25,26). The van der Waals surface area contributed by atoms with Gasteiger partial charge in [0.05, 0.1) is 30.6 Å². The lowest BCUT2D eigenvalue weighted by molar-refractivity contribution is 0.0940. The third kappa shape index (κ3) is 3.75. The number of methoxy groups -OCH3 is 1. The van der Waals surface area contributed by atoms with Crippen LogP contribution in [0.5, 0.6) is 0 Å². The average molecular weight is 376 g/mol. The molecule has 0 radical (unpaired) electrons. The number of aromatic amines is 1. The zero-order valence-corrected chi connectivity index (χ0v) is 15.5. The molecule has 4 N–H and O–H groups in total. The molecule has 0 aromatic carbocycles. The van der Waals surface area contributed by atoms with Crippen molar-refractivity contribution in [1.82, 2.24) is 30.6 Å². The fourth-order valence-corrected chi connectivity index (χ4v) is 3.55. The van der Waals surface area contributed by atoms with Crippen molar-refractivity contribution in [1.29, 1.82) is 0 Å². The number of H-pyrrole nitrogens is 1. The van der Waals surface area contributed by atoms with Crippen LogP contribution in [0.25, 0.3) is 0 Å². The Morgan fingerprint density at radius 1 is 1.44 bits per heavy atom. The van der Waals surface area contributed by atoms with E-state index in [1.54, 1.807) is 7.11 Å². The van der Waals surface area contributed by atoms with Crippen molar-refractivity contribution in [3.63, 3.8) is 0 Å². The number of allylic oxidation sites excluding steroid dienone is 1. The number of carboxylic acid groups (broad SMARTS) is 1. The molecular weight excluding hydrogens is 352 g/mol. The monoisotopic (exact) mass is 376 g/mol. The summed E-state index contributed by atoms with van der Waals surface area (Å²) in [6, 6.07) is -0.444. The van der Waals surface area contributed by atoms with Crippen LogP contribution in [0.1, 0.15) is 17.3 Å². The summed E-state index contributed by atoms with van der Waals surface area (Å²) in [6.45, 7) is 3.20. The number of amides is 2. The van der Waals surface area contributed by atoms with E-state index >= 15 is 0 Å². The molecule has 2 unspecified atom stereocenters. The first-order valence-electron chi connectivity index (χ1n) is 8.62. The quantitative estimate of drug-likeness (QED) is 0.591. The number of nitrogens with zero attached hydrogens (tertiary/aromatic N) is 3. The number of carbonyl (C=O) groups is 2. The molecule has 0 bridgehead atoms. The van der Waals surface area contributed by atoms with E-state index in [9.17, 15) is 14.7 Å². The van der Waals surface area contributed by atoms with E-state index in [1.807, 2.05) is 25.1 Å². The van der Waals surface area contributed by atoms with Gasteiger partial charge in [0.15, 0.2) is 0 Å². The summed E-state index contributed by atoms with van der Waals surface area (Å²) in [5.74, 6) is 0.284. The summed E-state index contributed by atoms with van der Waals surface area (Å²) < 4.78 is 5.68. The van der Waals surface area contributed by atoms with Crippen LogP contribution in [0.15, 0.2) is 35.6 Å². The summed E-state index contributed by atoms with van der Waals surface area (Å²) in [5, 5.41) is 22.0. The number of hydrogen-bond donors (Lipinski definition) is 4. The van der Waals surface area contributed by atoms with Crippen LogP contribution < -0.4 is 10.6 Å². The van der Waals surface area contributed by atoms with Crippen LogP contribution in [0.4, 0.5) is 4.79 Å². The third-order valence-electron chi connectivity index (χ3n) is 4.82. The second-order valence-corrected chi connectivity index (χ2v) is 6.60. The van der Waals surface area contributed by atoms with E-state index in [0.717, 1.165) is 5.57 Å².